The van der Waals surface area contributed by atoms with Crippen LogP contribution in [0.15, 0.2) is 24.5 Å². The molecule has 0 atom stereocenters. The van der Waals surface area contributed by atoms with E-state index >= 15 is 0 Å². The van der Waals surface area contributed by atoms with Crippen molar-refractivity contribution in [2.45, 2.75) is 12.8 Å². The molecule has 1 N–H and O–H groups in total. The molecule has 0 bridgehead atoms. The molecule has 2 aromatic heterocycles. The number of aliphatic carboxylic acids is 1. The maximum atomic E-state index is 10.4. The molecule has 4 nitrogen and oxygen atoms in total. The number of carboxylic acid groups (broad SMARTS) is 1. The van der Waals surface area contributed by atoms with Crippen molar-refractivity contribution in [2.75, 3.05) is 0 Å². The molecule has 0 spiro atoms. The minimum Gasteiger partial charge on any atom is -0.481 e. The predicted molar refractivity (Wildman–Crippen MR) is 62.5 cm³/mol. The van der Waals surface area contributed by atoms with E-state index in [4.69, 9.17) is 5.11 Å². The van der Waals surface area contributed by atoms with Crippen LogP contribution in [0.3, 0.4) is 0 Å². The highest BCUT2D eigenvalue weighted by Gasteiger charge is 2.06. The highest BCUT2D eigenvalue weighted by atomic mass is 32.1. The number of hydrogen-bond acceptors (Lipinski definition) is 3. The molecule has 0 fully saturated rings. The van der Waals surface area contributed by atoms with Gasteiger partial charge in [0.25, 0.3) is 0 Å². The Labute approximate surface area is 97.3 Å². The van der Waals surface area contributed by atoms with E-state index in [1.165, 1.54) is 11.5 Å². The van der Waals surface area contributed by atoms with Crippen molar-refractivity contribution < 1.29 is 9.90 Å². The number of aromatic nitrogens is 2. The first-order valence-corrected chi connectivity index (χ1v) is 5.72. The number of rotatable bonds is 4. The molecule has 0 amide bonds. The first-order valence-electron chi connectivity index (χ1n) is 4.95. The minimum atomic E-state index is -0.769. The van der Waals surface area contributed by atoms with Gasteiger partial charge in [-0.15, -0.1) is 0 Å². The van der Waals surface area contributed by atoms with Gasteiger partial charge in [0, 0.05) is 29.9 Å². The quantitative estimate of drug-likeness (QED) is 0.885. The van der Waals surface area contributed by atoms with Gasteiger partial charge >= 0.3 is 5.97 Å². The van der Waals surface area contributed by atoms with Crippen LogP contribution in [-0.2, 0) is 18.3 Å². The van der Waals surface area contributed by atoms with Gasteiger partial charge in [0.15, 0.2) is 0 Å². The maximum absolute atomic E-state index is 10.4. The molecule has 0 aliphatic carbocycles. The van der Waals surface area contributed by atoms with Crippen LogP contribution in [0.5, 0.6) is 0 Å². The summed E-state index contributed by atoms with van der Waals surface area (Å²) in [6.45, 7) is 0. The smallest absolute Gasteiger partial charge is 0.303 e. The zero-order valence-corrected chi connectivity index (χ0v) is 9.70. The fourth-order valence-electron chi connectivity index (χ4n) is 1.45. The molecule has 84 valence electrons. The molecule has 0 saturated carbocycles. The lowest BCUT2D eigenvalue weighted by Crippen LogP contribution is -1.95. The molecule has 16 heavy (non-hydrogen) atoms. The second-order valence-corrected chi connectivity index (χ2v) is 4.53. The summed E-state index contributed by atoms with van der Waals surface area (Å²) in [4.78, 5) is 11.4. The summed E-state index contributed by atoms with van der Waals surface area (Å²) in [6, 6.07) is 3.96. The molecule has 5 heteroatoms. The first kappa shape index (κ1) is 10.9. The summed E-state index contributed by atoms with van der Waals surface area (Å²) in [6.07, 6.45) is 4.68. The summed E-state index contributed by atoms with van der Waals surface area (Å²) in [5.74, 6) is -0.769. The van der Waals surface area contributed by atoms with Crippen LogP contribution in [0, 0.1) is 0 Å². The average Bonchev–Trinajstić information content (AvgIpc) is 2.83. The van der Waals surface area contributed by atoms with Gasteiger partial charge in [-0.25, -0.2) is 0 Å². The Hall–Kier alpha value is -1.62. The molecule has 0 aromatic carbocycles. The molecular weight excluding hydrogens is 224 g/mol. The Bertz CT molecular complexity index is 502. The van der Waals surface area contributed by atoms with Crippen molar-refractivity contribution in [3.8, 4) is 11.3 Å². The fraction of sp³-hybridized carbons (Fsp3) is 0.273. The van der Waals surface area contributed by atoms with Crippen LogP contribution in [-0.4, -0.2) is 20.0 Å². The van der Waals surface area contributed by atoms with Crippen LogP contribution in [0.25, 0.3) is 11.3 Å². The van der Waals surface area contributed by atoms with E-state index < -0.39 is 5.97 Å². The molecule has 2 heterocycles. The lowest BCUT2D eigenvalue weighted by Gasteiger charge is -1.90. The number of carbonyl (C=O) groups is 1. The summed E-state index contributed by atoms with van der Waals surface area (Å²) < 4.78 is 6.28. The normalized spacial score (nSPS) is 10.6. The van der Waals surface area contributed by atoms with E-state index in [-0.39, 0.29) is 6.42 Å². The lowest BCUT2D eigenvalue weighted by molar-refractivity contribution is -0.136. The second-order valence-electron chi connectivity index (χ2n) is 3.64. The molecule has 0 radical (unpaired) electrons. The SMILES string of the molecule is Cn1ccc(-c2cc(CCC(=O)O)sn2)c1. The fourth-order valence-corrected chi connectivity index (χ4v) is 2.18. The molecule has 2 aromatic rings. The number of carboxylic acids is 1. The number of hydrogen-bond donors (Lipinski definition) is 1. The van der Waals surface area contributed by atoms with E-state index in [1.54, 1.807) is 0 Å². The van der Waals surface area contributed by atoms with Crippen molar-refractivity contribution in [1.29, 1.82) is 0 Å². The van der Waals surface area contributed by atoms with Gasteiger partial charge in [-0.1, -0.05) is 0 Å². The first-order chi connectivity index (χ1) is 7.65. The van der Waals surface area contributed by atoms with Crippen molar-refractivity contribution in [1.82, 2.24) is 8.94 Å². The standard InChI is InChI=1S/C11H12N2O2S/c1-13-5-4-8(7-13)10-6-9(16-12-10)2-3-11(14)15/h4-7H,2-3H2,1H3,(H,14,15). The molecule has 0 aliphatic rings. The van der Waals surface area contributed by atoms with Crippen molar-refractivity contribution in [3.05, 3.63) is 29.4 Å². The summed E-state index contributed by atoms with van der Waals surface area (Å²) in [7, 11) is 1.96. The zero-order valence-electron chi connectivity index (χ0n) is 8.88. The van der Waals surface area contributed by atoms with Crippen molar-refractivity contribution in [3.63, 3.8) is 0 Å². The Morgan fingerprint density at radius 1 is 1.62 bits per heavy atom. The highest BCUT2D eigenvalue weighted by molar-refractivity contribution is 7.06. The average molecular weight is 236 g/mol. The van der Waals surface area contributed by atoms with Crippen LogP contribution in [0.2, 0.25) is 0 Å². The van der Waals surface area contributed by atoms with Gasteiger partial charge in [-0.05, 0) is 30.1 Å². The van der Waals surface area contributed by atoms with Gasteiger partial charge in [-0.2, -0.15) is 4.37 Å². The van der Waals surface area contributed by atoms with Gasteiger partial charge < -0.3 is 9.67 Å². The Kier molecular flexibility index (Phi) is 3.05. The molecule has 0 unspecified atom stereocenters. The molecule has 0 aliphatic heterocycles. The lowest BCUT2D eigenvalue weighted by atomic mass is 10.2. The van der Waals surface area contributed by atoms with Crippen molar-refractivity contribution in [2.24, 2.45) is 7.05 Å². The third kappa shape index (κ3) is 2.49. The zero-order chi connectivity index (χ0) is 11.5. The molecular formula is C11H12N2O2S. The van der Waals surface area contributed by atoms with Gasteiger partial charge in [-0.3, -0.25) is 4.79 Å². The number of aryl methyl sites for hydroxylation is 2. The summed E-state index contributed by atoms with van der Waals surface area (Å²) >= 11 is 1.37. The molecule has 0 saturated heterocycles. The summed E-state index contributed by atoms with van der Waals surface area (Å²) in [5, 5.41) is 8.58. The predicted octanol–water partition coefficient (Wildman–Crippen LogP) is 2.17. The summed E-state index contributed by atoms with van der Waals surface area (Å²) in [5.41, 5.74) is 1.99. The van der Waals surface area contributed by atoms with Crippen LogP contribution >= 0.6 is 11.5 Å². The maximum Gasteiger partial charge on any atom is 0.303 e. The van der Waals surface area contributed by atoms with E-state index in [2.05, 4.69) is 4.37 Å². The Morgan fingerprint density at radius 2 is 2.44 bits per heavy atom. The Morgan fingerprint density at radius 3 is 3.06 bits per heavy atom. The van der Waals surface area contributed by atoms with Crippen LogP contribution in [0.4, 0.5) is 0 Å². The largest absolute Gasteiger partial charge is 0.481 e. The second kappa shape index (κ2) is 4.49. The van der Waals surface area contributed by atoms with Crippen LogP contribution < -0.4 is 0 Å². The molecule has 2 rings (SSSR count). The monoisotopic (exact) mass is 236 g/mol. The van der Waals surface area contributed by atoms with E-state index in [1.807, 2.05) is 36.1 Å². The van der Waals surface area contributed by atoms with Gasteiger partial charge in [0.05, 0.1) is 12.1 Å². The highest BCUT2D eigenvalue weighted by Crippen LogP contribution is 2.22. The van der Waals surface area contributed by atoms with E-state index in [0.717, 1.165) is 16.1 Å². The van der Waals surface area contributed by atoms with E-state index in [9.17, 15) is 4.79 Å². The van der Waals surface area contributed by atoms with Gasteiger partial charge in [0.2, 0.25) is 0 Å². The topological polar surface area (TPSA) is 55.1 Å². The third-order valence-electron chi connectivity index (χ3n) is 2.27. The third-order valence-corrected chi connectivity index (χ3v) is 3.12. The number of nitrogens with zero attached hydrogens (tertiary/aromatic N) is 2. The van der Waals surface area contributed by atoms with Crippen LogP contribution in [0.1, 0.15) is 11.3 Å². The van der Waals surface area contributed by atoms with Crippen molar-refractivity contribution >= 4 is 17.5 Å². The van der Waals surface area contributed by atoms with E-state index in [0.29, 0.717) is 6.42 Å². The Balaban J connectivity index is 2.10. The minimum absolute atomic E-state index is 0.163. The van der Waals surface area contributed by atoms with Gasteiger partial charge in [0.1, 0.15) is 0 Å².